The van der Waals surface area contributed by atoms with Gasteiger partial charge >= 0.3 is 0 Å². The van der Waals surface area contributed by atoms with Crippen LogP contribution in [-0.4, -0.2) is 49.4 Å². The Bertz CT molecular complexity index is 987. The van der Waals surface area contributed by atoms with Crippen LogP contribution in [0.4, 0.5) is 0 Å². The lowest BCUT2D eigenvalue weighted by Crippen LogP contribution is -2.44. The largest absolute Gasteiger partial charge is 0.337 e. The van der Waals surface area contributed by atoms with Crippen molar-refractivity contribution in [2.75, 3.05) is 13.1 Å². The predicted molar refractivity (Wildman–Crippen MR) is 111 cm³/mol. The van der Waals surface area contributed by atoms with E-state index in [1.165, 1.54) is 12.8 Å². The molecule has 5 rings (SSSR count). The molecule has 1 saturated carbocycles. The maximum absolute atomic E-state index is 13.2. The van der Waals surface area contributed by atoms with E-state index >= 15 is 0 Å². The van der Waals surface area contributed by atoms with Gasteiger partial charge in [-0.3, -0.25) is 19.6 Å². The molecule has 7 heteroatoms. The van der Waals surface area contributed by atoms with Gasteiger partial charge in [-0.15, -0.1) is 0 Å². The molecule has 7 nitrogen and oxygen atoms in total. The lowest BCUT2D eigenvalue weighted by Gasteiger charge is -2.37. The van der Waals surface area contributed by atoms with Gasteiger partial charge in [-0.05, 0) is 46.1 Å². The Balaban J connectivity index is 1.47. The van der Waals surface area contributed by atoms with Crippen LogP contribution in [0.3, 0.4) is 0 Å². The number of fused-ring (bicyclic) bond motifs is 2. The van der Waals surface area contributed by atoms with Crippen molar-refractivity contribution >= 4 is 11.6 Å². The van der Waals surface area contributed by atoms with Crippen molar-refractivity contribution in [1.82, 2.24) is 24.4 Å². The minimum atomic E-state index is -0.0470. The van der Waals surface area contributed by atoms with Crippen LogP contribution in [0.2, 0.25) is 0 Å². The molecule has 1 amide bonds. The number of hydrogen-bond acceptors (Lipinski definition) is 4. The fourth-order valence-corrected chi connectivity index (χ4v) is 5.18. The van der Waals surface area contributed by atoms with Crippen LogP contribution in [-0.2, 0) is 17.8 Å². The van der Waals surface area contributed by atoms with Crippen molar-refractivity contribution in [3.05, 3.63) is 33.4 Å². The van der Waals surface area contributed by atoms with Crippen molar-refractivity contribution < 1.29 is 4.79 Å². The minimum Gasteiger partial charge on any atom is -0.337 e. The summed E-state index contributed by atoms with van der Waals surface area (Å²) in [5.41, 5.74) is 3.28. The lowest BCUT2D eigenvalue weighted by atomic mass is 9.84. The number of piperidine rings is 1. The van der Waals surface area contributed by atoms with Crippen LogP contribution in [0.1, 0.15) is 75.4 Å². The summed E-state index contributed by atoms with van der Waals surface area (Å²) in [5.74, 6) is 0.384. The lowest BCUT2D eigenvalue weighted by molar-refractivity contribution is -0.139. The third kappa shape index (κ3) is 3.19. The first kappa shape index (κ1) is 18.9. The van der Waals surface area contributed by atoms with Gasteiger partial charge in [0.2, 0.25) is 5.91 Å². The molecular weight excluding hydrogens is 366 g/mol. The Labute approximate surface area is 171 Å². The number of amides is 1. The summed E-state index contributed by atoms with van der Waals surface area (Å²) in [6.07, 6.45) is 7.33. The summed E-state index contributed by atoms with van der Waals surface area (Å²) >= 11 is 0. The molecule has 0 aromatic carbocycles. The van der Waals surface area contributed by atoms with Gasteiger partial charge in [-0.2, -0.15) is 0 Å². The quantitative estimate of drug-likeness (QED) is 0.864. The average Bonchev–Trinajstić information content (AvgIpc) is 3.11. The number of H-pyrrole nitrogens is 1. The van der Waals surface area contributed by atoms with Gasteiger partial charge < -0.3 is 4.90 Å². The standard InChI is InChI=1S/C22H31N5O2/c1-14(2)26-10-4-3-8-19(26)18-12-20-23-17-9-11-25(21(28)15-6-5-7-15)13-16(17)22(29)27(20)24-18/h12,14-15,19,24H,3-11,13H2,1-2H3. The third-order valence-electron chi connectivity index (χ3n) is 7.11. The van der Waals surface area contributed by atoms with Crippen molar-refractivity contribution in [1.29, 1.82) is 0 Å². The molecule has 1 unspecified atom stereocenters. The fourth-order valence-electron chi connectivity index (χ4n) is 5.18. The molecule has 2 aromatic rings. The highest BCUT2D eigenvalue weighted by Crippen LogP contribution is 2.32. The fraction of sp³-hybridized carbons (Fsp3) is 0.682. The van der Waals surface area contributed by atoms with Crippen LogP contribution < -0.4 is 5.56 Å². The van der Waals surface area contributed by atoms with E-state index in [1.807, 2.05) is 4.90 Å². The number of hydrogen-bond donors (Lipinski definition) is 1. The van der Waals surface area contributed by atoms with Crippen molar-refractivity contribution in [2.24, 2.45) is 5.92 Å². The topological polar surface area (TPSA) is 73.7 Å². The van der Waals surface area contributed by atoms with Crippen molar-refractivity contribution in [3.63, 3.8) is 0 Å². The molecular formula is C22H31N5O2. The third-order valence-corrected chi connectivity index (χ3v) is 7.11. The molecule has 156 valence electrons. The SMILES string of the molecule is CC(C)N1CCCCC1c1cc2nc3c(c(=O)n2[nH]1)CN(C(=O)C1CCC1)CC3. The number of nitrogens with zero attached hydrogens (tertiary/aromatic N) is 4. The predicted octanol–water partition coefficient (Wildman–Crippen LogP) is 2.64. The zero-order chi connectivity index (χ0) is 20.1. The molecule has 1 N–H and O–H groups in total. The molecule has 1 aliphatic carbocycles. The van der Waals surface area contributed by atoms with E-state index in [0.29, 0.717) is 42.8 Å². The second-order valence-corrected chi connectivity index (χ2v) is 9.23. The monoisotopic (exact) mass is 397 g/mol. The molecule has 1 atom stereocenters. The Morgan fingerprint density at radius 3 is 2.72 bits per heavy atom. The number of carbonyl (C=O) groups is 1. The Morgan fingerprint density at radius 2 is 2.00 bits per heavy atom. The normalized spacial score (nSPS) is 23.4. The smallest absolute Gasteiger partial charge is 0.277 e. The maximum Gasteiger partial charge on any atom is 0.277 e. The van der Waals surface area contributed by atoms with E-state index in [1.54, 1.807) is 4.52 Å². The van der Waals surface area contributed by atoms with Gasteiger partial charge in [-0.1, -0.05) is 12.8 Å². The van der Waals surface area contributed by atoms with E-state index in [-0.39, 0.29) is 17.4 Å². The molecule has 0 spiro atoms. The first-order valence-electron chi connectivity index (χ1n) is 11.2. The van der Waals surface area contributed by atoms with Gasteiger partial charge in [0.1, 0.15) is 0 Å². The second kappa shape index (κ2) is 7.27. The van der Waals surface area contributed by atoms with Crippen LogP contribution in [0.15, 0.2) is 10.9 Å². The Hall–Kier alpha value is -2.15. The number of likely N-dealkylation sites (tertiary alicyclic amines) is 1. The van der Waals surface area contributed by atoms with E-state index in [9.17, 15) is 9.59 Å². The van der Waals surface area contributed by atoms with E-state index in [0.717, 1.165) is 43.6 Å². The molecule has 1 saturated heterocycles. The number of carbonyl (C=O) groups excluding carboxylic acids is 1. The first-order chi connectivity index (χ1) is 14.0. The van der Waals surface area contributed by atoms with E-state index in [4.69, 9.17) is 4.98 Å². The molecule has 3 aliphatic rings. The molecule has 2 aliphatic heterocycles. The first-order valence-corrected chi connectivity index (χ1v) is 11.2. The molecule has 0 radical (unpaired) electrons. The van der Waals surface area contributed by atoms with Gasteiger partial charge in [-0.25, -0.2) is 9.50 Å². The highest BCUT2D eigenvalue weighted by molar-refractivity contribution is 5.79. The molecule has 2 aromatic heterocycles. The van der Waals surface area contributed by atoms with Gasteiger partial charge in [0.15, 0.2) is 5.65 Å². The molecule has 29 heavy (non-hydrogen) atoms. The maximum atomic E-state index is 13.2. The number of aromatic amines is 1. The van der Waals surface area contributed by atoms with Crippen molar-refractivity contribution in [3.8, 4) is 0 Å². The zero-order valence-electron chi connectivity index (χ0n) is 17.5. The van der Waals surface area contributed by atoms with Crippen molar-refractivity contribution in [2.45, 2.75) is 77.4 Å². The van der Waals surface area contributed by atoms with Gasteiger partial charge in [0.25, 0.3) is 5.56 Å². The van der Waals surface area contributed by atoms with Gasteiger partial charge in [0, 0.05) is 31.0 Å². The van der Waals surface area contributed by atoms with Crippen LogP contribution in [0, 0.1) is 5.92 Å². The number of aromatic nitrogens is 3. The van der Waals surface area contributed by atoms with Crippen LogP contribution in [0.25, 0.3) is 5.65 Å². The summed E-state index contributed by atoms with van der Waals surface area (Å²) in [5, 5.41) is 3.35. The van der Waals surface area contributed by atoms with E-state index < -0.39 is 0 Å². The zero-order valence-corrected chi connectivity index (χ0v) is 17.5. The molecule has 0 bridgehead atoms. The number of nitrogens with one attached hydrogen (secondary N) is 1. The molecule has 4 heterocycles. The summed E-state index contributed by atoms with van der Waals surface area (Å²) < 4.78 is 1.60. The van der Waals surface area contributed by atoms with Crippen LogP contribution >= 0.6 is 0 Å². The summed E-state index contributed by atoms with van der Waals surface area (Å²) in [7, 11) is 0. The highest BCUT2D eigenvalue weighted by Gasteiger charge is 2.33. The average molecular weight is 398 g/mol. The second-order valence-electron chi connectivity index (χ2n) is 9.23. The number of rotatable bonds is 3. The molecule has 2 fully saturated rings. The Morgan fingerprint density at radius 1 is 1.17 bits per heavy atom. The summed E-state index contributed by atoms with van der Waals surface area (Å²) in [4.78, 5) is 35.1. The minimum absolute atomic E-state index is 0.0470. The summed E-state index contributed by atoms with van der Waals surface area (Å²) in [6.45, 7) is 6.63. The highest BCUT2D eigenvalue weighted by atomic mass is 16.2. The summed E-state index contributed by atoms with van der Waals surface area (Å²) in [6, 6.07) is 2.83. The van der Waals surface area contributed by atoms with E-state index in [2.05, 4.69) is 29.9 Å². The van der Waals surface area contributed by atoms with Crippen LogP contribution in [0.5, 0.6) is 0 Å². The Kier molecular flexibility index (Phi) is 4.73. The van der Waals surface area contributed by atoms with Gasteiger partial charge in [0.05, 0.1) is 29.5 Å².